The van der Waals surface area contributed by atoms with Crippen LogP contribution in [-0.2, 0) is 16.1 Å². The number of amides is 1. The van der Waals surface area contributed by atoms with Crippen LogP contribution in [0.2, 0.25) is 5.02 Å². The van der Waals surface area contributed by atoms with E-state index in [1.807, 2.05) is 39.0 Å². The van der Waals surface area contributed by atoms with Crippen LogP contribution in [0, 0.1) is 0 Å². The van der Waals surface area contributed by atoms with Crippen LogP contribution in [-0.4, -0.2) is 30.2 Å². The SMILES string of the molecule is CN(C[C@@H]1OCc2c(Cl)cccc21)C(=O)OC(C)(C)C. The molecule has 1 amide bonds. The Morgan fingerprint density at radius 2 is 2.20 bits per heavy atom. The molecule has 1 aliphatic rings. The van der Waals surface area contributed by atoms with E-state index < -0.39 is 5.60 Å². The van der Waals surface area contributed by atoms with Gasteiger partial charge in [-0.2, -0.15) is 0 Å². The van der Waals surface area contributed by atoms with Gasteiger partial charge in [-0.3, -0.25) is 0 Å². The van der Waals surface area contributed by atoms with Crippen molar-refractivity contribution in [1.82, 2.24) is 4.90 Å². The summed E-state index contributed by atoms with van der Waals surface area (Å²) in [5, 5.41) is 0.713. The lowest BCUT2D eigenvalue weighted by Gasteiger charge is -2.26. The van der Waals surface area contributed by atoms with Crippen LogP contribution in [0.15, 0.2) is 18.2 Å². The molecule has 1 aliphatic heterocycles. The maximum Gasteiger partial charge on any atom is 0.410 e. The molecule has 20 heavy (non-hydrogen) atoms. The van der Waals surface area contributed by atoms with Gasteiger partial charge in [0.15, 0.2) is 0 Å². The van der Waals surface area contributed by atoms with Crippen molar-refractivity contribution in [2.45, 2.75) is 39.1 Å². The minimum absolute atomic E-state index is 0.152. The second-order valence-electron chi connectivity index (χ2n) is 5.97. The monoisotopic (exact) mass is 297 g/mol. The first-order valence-corrected chi connectivity index (χ1v) is 6.99. The molecule has 2 rings (SSSR count). The third-order valence-electron chi connectivity index (χ3n) is 3.08. The van der Waals surface area contributed by atoms with Crippen LogP contribution < -0.4 is 0 Å². The molecule has 0 saturated heterocycles. The zero-order valence-electron chi connectivity index (χ0n) is 12.3. The molecule has 110 valence electrons. The van der Waals surface area contributed by atoms with Crippen molar-refractivity contribution >= 4 is 17.7 Å². The Kier molecular flexibility index (Phi) is 4.25. The average Bonchev–Trinajstić information content (AvgIpc) is 2.72. The quantitative estimate of drug-likeness (QED) is 0.834. The molecule has 4 nitrogen and oxygen atoms in total. The van der Waals surface area contributed by atoms with E-state index >= 15 is 0 Å². The molecule has 1 atom stereocenters. The Balaban J connectivity index is 2.03. The number of benzene rings is 1. The van der Waals surface area contributed by atoms with Crippen LogP contribution >= 0.6 is 11.6 Å². The van der Waals surface area contributed by atoms with Crippen molar-refractivity contribution in [3.63, 3.8) is 0 Å². The lowest BCUT2D eigenvalue weighted by molar-refractivity contribution is 0.00747. The van der Waals surface area contributed by atoms with Crippen molar-refractivity contribution < 1.29 is 14.3 Å². The van der Waals surface area contributed by atoms with Gasteiger partial charge in [0.25, 0.3) is 0 Å². The molecule has 0 N–H and O–H groups in total. The van der Waals surface area contributed by atoms with E-state index in [2.05, 4.69) is 0 Å². The number of fused-ring (bicyclic) bond motifs is 1. The number of hydrogen-bond acceptors (Lipinski definition) is 3. The minimum Gasteiger partial charge on any atom is -0.444 e. The van der Waals surface area contributed by atoms with Crippen molar-refractivity contribution in [2.24, 2.45) is 0 Å². The predicted octanol–water partition coefficient (Wildman–Crippen LogP) is 3.78. The van der Waals surface area contributed by atoms with Gasteiger partial charge in [-0.25, -0.2) is 4.79 Å². The van der Waals surface area contributed by atoms with Gasteiger partial charge >= 0.3 is 6.09 Å². The van der Waals surface area contributed by atoms with E-state index in [9.17, 15) is 4.79 Å². The zero-order chi connectivity index (χ0) is 14.9. The number of hydrogen-bond donors (Lipinski definition) is 0. The number of halogens is 1. The fourth-order valence-electron chi connectivity index (χ4n) is 2.12. The number of ether oxygens (including phenoxy) is 2. The number of likely N-dealkylation sites (N-methyl/N-ethyl adjacent to an activating group) is 1. The molecule has 0 unspecified atom stereocenters. The molecule has 1 aromatic carbocycles. The fraction of sp³-hybridized carbons (Fsp3) is 0.533. The summed E-state index contributed by atoms with van der Waals surface area (Å²) in [6, 6.07) is 5.74. The van der Waals surface area contributed by atoms with Crippen LogP contribution in [0.3, 0.4) is 0 Å². The van der Waals surface area contributed by atoms with E-state index in [4.69, 9.17) is 21.1 Å². The van der Waals surface area contributed by atoms with E-state index in [0.717, 1.165) is 11.1 Å². The van der Waals surface area contributed by atoms with Crippen molar-refractivity contribution in [3.8, 4) is 0 Å². The van der Waals surface area contributed by atoms with Gasteiger partial charge < -0.3 is 14.4 Å². The molecular formula is C15H20ClNO3. The first-order valence-electron chi connectivity index (χ1n) is 6.61. The molecule has 0 bridgehead atoms. The molecule has 1 heterocycles. The Hall–Kier alpha value is -1.26. The average molecular weight is 298 g/mol. The number of carbonyl (C=O) groups excluding carboxylic acids is 1. The minimum atomic E-state index is -0.497. The first-order chi connectivity index (χ1) is 9.28. The largest absolute Gasteiger partial charge is 0.444 e. The van der Waals surface area contributed by atoms with Gasteiger partial charge in [0, 0.05) is 17.6 Å². The maximum absolute atomic E-state index is 11.9. The third kappa shape index (κ3) is 3.44. The summed E-state index contributed by atoms with van der Waals surface area (Å²) in [6.07, 6.45) is -0.502. The lowest BCUT2D eigenvalue weighted by atomic mass is 10.1. The fourth-order valence-corrected chi connectivity index (χ4v) is 2.35. The number of carbonyl (C=O) groups is 1. The first kappa shape index (κ1) is 15.1. The Labute approximate surface area is 124 Å². The molecule has 1 aromatic rings. The highest BCUT2D eigenvalue weighted by atomic mass is 35.5. The van der Waals surface area contributed by atoms with Crippen LogP contribution in [0.1, 0.15) is 38.0 Å². The van der Waals surface area contributed by atoms with E-state index in [1.54, 1.807) is 7.05 Å². The van der Waals surface area contributed by atoms with Crippen LogP contribution in [0.25, 0.3) is 0 Å². The Morgan fingerprint density at radius 3 is 2.85 bits per heavy atom. The molecule has 0 saturated carbocycles. The highest BCUT2D eigenvalue weighted by Gasteiger charge is 2.28. The highest BCUT2D eigenvalue weighted by molar-refractivity contribution is 6.31. The second kappa shape index (κ2) is 5.62. The zero-order valence-corrected chi connectivity index (χ0v) is 13.0. The van der Waals surface area contributed by atoms with Gasteiger partial charge in [-0.15, -0.1) is 0 Å². The van der Waals surface area contributed by atoms with Crippen LogP contribution in [0.4, 0.5) is 4.79 Å². The normalized spacial score (nSPS) is 17.8. The second-order valence-corrected chi connectivity index (χ2v) is 6.38. The van der Waals surface area contributed by atoms with Gasteiger partial charge in [0.1, 0.15) is 11.7 Å². The maximum atomic E-state index is 11.9. The van der Waals surface area contributed by atoms with Gasteiger partial charge in [-0.05, 0) is 32.4 Å². The standard InChI is InChI=1S/C15H20ClNO3/c1-15(2,3)20-14(18)17(4)8-13-10-6-5-7-12(16)11(10)9-19-13/h5-7,13H,8-9H2,1-4H3/t13-/m0/s1. The molecular weight excluding hydrogens is 278 g/mol. The molecule has 0 radical (unpaired) electrons. The number of nitrogens with zero attached hydrogens (tertiary/aromatic N) is 1. The van der Waals surface area contributed by atoms with Gasteiger partial charge in [0.05, 0.1) is 13.2 Å². The van der Waals surface area contributed by atoms with Crippen molar-refractivity contribution in [2.75, 3.05) is 13.6 Å². The molecule has 5 heteroatoms. The summed E-state index contributed by atoms with van der Waals surface area (Å²) in [5.74, 6) is 0. The summed E-state index contributed by atoms with van der Waals surface area (Å²) >= 11 is 6.14. The lowest BCUT2D eigenvalue weighted by Crippen LogP contribution is -2.36. The van der Waals surface area contributed by atoms with E-state index in [0.29, 0.717) is 18.2 Å². The summed E-state index contributed by atoms with van der Waals surface area (Å²) < 4.78 is 11.0. The van der Waals surface area contributed by atoms with E-state index in [-0.39, 0.29) is 12.2 Å². The van der Waals surface area contributed by atoms with Crippen LogP contribution in [0.5, 0.6) is 0 Å². The summed E-state index contributed by atoms with van der Waals surface area (Å²) in [5.41, 5.74) is 1.56. The van der Waals surface area contributed by atoms with Gasteiger partial charge in [0.2, 0.25) is 0 Å². The van der Waals surface area contributed by atoms with Crippen molar-refractivity contribution in [3.05, 3.63) is 34.3 Å². The molecule has 0 aromatic heterocycles. The molecule has 0 spiro atoms. The Bertz CT molecular complexity index is 510. The Morgan fingerprint density at radius 1 is 1.50 bits per heavy atom. The molecule has 0 aliphatic carbocycles. The smallest absolute Gasteiger partial charge is 0.410 e. The third-order valence-corrected chi connectivity index (χ3v) is 3.43. The predicted molar refractivity (Wildman–Crippen MR) is 77.8 cm³/mol. The summed E-state index contributed by atoms with van der Waals surface area (Å²) in [6.45, 7) is 6.48. The highest BCUT2D eigenvalue weighted by Crippen LogP contribution is 2.35. The summed E-state index contributed by atoms with van der Waals surface area (Å²) in [4.78, 5) is 13.5. The number of rotatable bonds is 2. The summed E-state index contributed by atoms with van der Waals surface area (Å²) in [7, 11) is 1.71. The van der Waals surface area contributed by atoms with Crippen molar-refractivity contribution in [1.29, 1.82) is 0 Å². The van der Waals surface area contributed by atoms with E-state index in [1.165, 1.54) is 4.90 Å². The molecule has 0 fully saturated rings. The van der Waals surface area contributed by atoms with Gasteiger partial charge in [-0.1, -0.05) is 23.7 Å². The topological polar surface area (TPSA) is 38.8 Å².